The zero-order valence-corrected chi connectivity index (χ0v) is 20.2. The highest BCUT2D eigenvalue weighted by atomic mass is 19.1. The van der Waals surface area contributed by atoms with E-state index in [9.17, 15) is 9.50 Å². The van der Waals surface area contributed by atoms with Crippen LogP contribution >= 0.6 is 0 Å². The van der Waals surface area contributed by atoms with Crippen molar-refractivity contribution in [1.82, 2.24) is 0 Å². The maximum absolute atomic E-state index is 13.9. The van der Waals surface area contributed by atoms with Crippen molar-refractivity contribution in [2.75, 3.05) is 19.8 Å². The predicted octanol–water partition coefficient (Wildman–Crippen LogP) is 6.83. The van der Waals surface area contributed by atoms with Crippen LogP contribution in [-0.4, -0.2) is 31.1 Å². The molecule has 0 spiro atoms. The van der Waals surface area contributed by atoms with Crippen molar-refractivity contribution >= 4 is 0 Å². The molecule has 3 aliphatic rings. The van der Waals surface area contributed by atoms with Crippen LogP contribution in [0.1, 0.15) is 66.7 Å². The maximum Gasteiger partial charge on any atom is 0.118 e. The number of rotatable bonds is 8. The number of halogens is 1. The van der Waals surface area contributed by atoms with Crippen LogP contribution < -0.4 is 0 Å². The molecule has 3 aliphatic carbocycles. The van der Waals surface area contributed by atoms with Gasteiger partial charge < -0.3 is 9.84 Å². The largest absolute Gasteiger partial charge is 0.396 e. The standard InChI is InChI=1S/C28H43FO2/c1-18(2)26-20(5)27(19(3)4)25(17-31-16-21-9-7-6-8-10-21)28(24(26)15-30)22-11-13-23(29)14-12-22/h6-7,11,13,18-19,21-24,28,30H,8-10,12,14-17H2,1-5H3. The number of allylic oxidation sites excluding steroid dienone is 6. The Morgan fingerprint density at radius 1 is 1.06 bits per heavy atom. The Hall–Kier alpha value is -1.19. The van der Waals surface area contributed by atoms with E-state index in [0.717, 1.165) is 25.9 Å². The Labute approximate surface area is 189 Å². The van der Waals surface area contributed by atoms with Crippen LogP contribution in [-0.2, 0) is 4.74 Å². The van der Waals surface area contributed by atoms with Crippen LogP contribution in [0, 0.1) is 35.5 Å². The molecule has 5 unspecified atom stereocenters. The van der Waals surface area contributed by atoms with Gasteiger partial charge in [-0.1, -0.05) is 57.6 Å². The van der Waals surface area contributed by atoms with Crippen molar-refractivity contribution in [3.05, 3.63) is 46.6 Å². The van der Waals surface area contributed by atoms with Gasteiger partial charge in [-0.15, -0.1) is 0 Å². The molecule has 31 heavy (non-hydrogen) atoms. The Bertz CT molecular complexity index is 727. The number of hydrogen-bond donors (Lipinski definition) is 1. The van der Waals surface area contributed by atoms with E-state index in [1.807, 2.05) is 0 Å². The fraction of sp³-hybridized carbons (Fsp3) is 0.714. The van der Waals surface area contributed by atoms with Crippen molar-refractivity contribution in [2.45, 2.75) is 72.9 Å². The summed E-state index contributed by atoms with van der Waals surface area (Å²) in [6.45, 7) is 12.8. The number of ether oxygens (including phenoxy) is 1. The van der Waals surface area contributed by atoms with Gasteiger partial charge in [-0.2, -0.15) is 0 Å². The van der Waals surface area contributed by atoms with Gasteiger partial charge >= 0.3 is 0 Å². The van der Waals surface area contributed by atoms with Gasteiger partial charge in [0.15, 0.2) is 0 Å². The molecular formula is C28H43FO2. The summed E-state index contributed by atoms with van der Waals surface area (Å²) in [6.07, 6.45) is 12.4. The summed E-state index contributed by atoms with van der Waals surface area (Å²) in [7, 11) is 0. The Kier molecular flexibility index (Phi) is 8.75. The minimum Gasteiger partial charge on any atom is -0.396 e. The summed E-state index contributed by atoms with van der Waals surface area (Å²) in [4.78, 5) is 0. The summed E-state index contributed by atoms with van der Waals surface area (Å²) in [6, 6.07) is 0. The molecule has 0 saturated heterocycles. The molecule has 0 aromatic carbocycles. The molecule has 0 saturated carbocycles. The molecule has 0 aromatic rings. The van der Waals surface area contributed by atoms with Gasteiger partial charge in [-0.3, -0.25) is 0 Å². The van der Waals surface area contributed by atoms with Crippen LogP contribution in [0.15, 0.2) is 46.6 Å². The van der Waals surface area contributed by atoms with E-state index in [0.29, 0.717) is 30.8 Å². The molecule has 0 radical (unpaired) electrons. The van der Waals surface area contributed by atoms with Crippen LogP contribution in [0.5, 0.6) is 0 Å². The van der Waals surface area contributed by atoms with Crippen molar-refractivity contribution in [3.63, 3.8) is 0 Å². The summed E-state index contributed by atoms with van der Waals surface area (Å²) >= 11 is 0. The maximum atomic E-state index is 13.9. The van der Waals surface area contributed by atoms with Gasteiger partial charge in [0.1, 0.15) is 6.17 Å². The van der Waals surface area contributed by atoms with E-state index in [-0.39, 0.29) is 24.4 Å². The van der Waals surface area contributed by atoms with Crippen molar-refractivity contribution in [2.24, 2.45) is 35.5 Å². The lowest BCUT2D eigenvalue weighted by Crippen LogP contribution is -2.37. The van der Waals surface area contributed by atoms with Gasteiger partial charge in [0, 0.05) is 5.92 Å². The molecule has 3 rings (SSSR count). The molecule has 0 bridgehead atoms. The molecular weight excluding hydrogens is 387 g/mol. The number of alkyl halides is 1. The normalized spacial score (nSPS) is 32.0. The van der Waals surface area contributed by atoms with Crippen LogP contribution in [0.25, 0.3) is 0 Å². The predicted molar refractivity (Wildman–Crippen MR) is 128 cm³/mol. The van der Waals surface area contributed by atoms with E-state index in [1.165, 1.54) is 28.7 Å². The summed E-state index contributed by atoms with van der Waals surface area (Å²) in [5.74, 6) is 1.92. The number of aliphatic hydroxyl groups excluding tert-OH is 1. The van der Waals surface area contributed by atoms with E-state index in [4.69, 9.17) is 4.74 Å². The zero-order chi connectivity index (χ0) is 22.5. The Balaban J connectivity index is 1.96. The van der Waals surface area contributed by atoms with Gasteiger partial charge in [-0.25, -0.2) is 4.39 Å². The molecule has 0 amide bonds. The molecule has 0 aromatic heterocycles. The molecule has 0 aliphatic heterocycles. The van der Waals surface area contributed by atoms with Gasteiger partial charge in [0.05, 0.1) is 19.8 Å². The highest BCUT2D eigenvalue weighted by Gasteiger charge is 2.41. The fourth-order valence-corrected chi connectivity index (χ4v) is 6.35. The van der Waals surface area contributed by atoms with Crippen molar-refractivity contribution in [3.8, 4) is 0 Å². The van der Waals surface area contributed by atoms with Gasteiger partial charge in [0.25, 0.3) is 0 Å². The van der Waals surface area contributed by atoms with E-state index in [2.05, 4.69) is 52.8 Å². The third-order valence-corrected chi connectivity index (χ3v) is 7.61. The molecule has 0 fully saturated rings. The first-order valence-electron chi connectivity index (χ1n) is 12.4. The minimum atomic E-state index is -0.832. The third kappa shape index (κ3) is 5.60. The first kappa shape index (κ1) is 24.5. The second kappa shape index (κ2) is 11.1. The lowest BCUT2D eigenvalue weighted by molar-refractivity contribution is 0.0938. The Morgan fingerprint density at radius 3 is 2.39 bits per heavy atom. The number of aliphatic hydroxyl groups is 1. The molecule has 0 heterocycles. The van der Waals surface area contributed by atoms with Crippen LogP contribution in [0.2, 0.25) is 0 Å². The molecule has 5 atom stereocenters. The molecule has 2 nitrogen and oxygen atoms in total. The molecule has 1 N–H and O–H groups in total. The topological polar surface area (TPSA) is 29.5 Å². The first-order chi connectivity index (χ1) is 14.8. The minimum absolute atomic E-state index is 0.0875. The first-order valence-corrected chi connectivity index (χ1v) is 12.4. The Morgan fingerprint density at radius 2 is 1.84 bits per heavy atom. The molecule has 174 valence electrons. The lowest BCUT2D eigenvalue weighted by atomic mass is 9.62. The third-order valence-electron chi connectivity index (χ3n) is 7.61. The van der Waals surface area contributed by atoms with Crippen molar-refractivity contribution < 1.29 is 14.2 Å². The summed E-state index contributed by atoms with van der Waals surface area (Å²) in [5, 5.41) is 10.5. The summed E-state index contributed by atoms with van der Waals surface area (Å²) < 4.78 is 20.3. The van der Waals surface area contributed by atoms with E-state index >= 15 is 0 Å². The quantitative estimate of drug-likeness (QED) is 0.428. The average molecular weight is 431 g/mol. The zero-order valence-electron chi connectivity index (χ0n) is 20.2. The SMILES string of the molecule is CC1=C(C(C)C)C(CO)C(C2C=CC(F)CC2)C(COCC2CC=CCC2)=C1C(C)C. The van der Waals surface area contributed by atoms with Gasteiger partial charge in [0.2, 0.25) is 0 Å². The highest BCUT2D eigenvalue weighted by Crippen LogP contribution is 2.49. The van der Waals surface area contributed by atoms with Crippen molar-refractivity contribution in [1.29, 1.82) is 0 Å². The van der Waals surface area contributed by atoms with Crippen LogP contribution in [0.4, 0.5) is 4.39 Å². The monoisotopic (exact) mass is 430 g/mol. The fourth-order valence-electron chi connectivity index (χ4n) is 6.35. The van der Waals surface area contributed by atoms with E-state index < -0.39 is 6.17 Å². The second-order valence-electron chi connectivity index (χ2n) is 10.5. The molecule has 3 heteroatoms. The second-order valence-corrected chi connectivity index (χ2v) is 10.5. The van der Waals surface area contributed by atoms with Gasteiger partial charge in [-0.05, 0) is 85.3 Å². The smallest absolute Gasteiger partial charge is 0.118 e. The summed E-state index contributed by atoms with van der Waals surface area (Å²) in [5.41, 5.74) is 5.50. The van der Waals surface area contributed by atoms with Crippen LogP contribution in [0.3, 0.4) is 0 Å². The lowest BCUT2D eigenvalue weighted by Gasteiger charge is -2.44. The van der Waals surface area contributed by atoms with E-state index in [1.54, 1.807) is 6.08 Å². The highest BCUT2D eigenvalue weighted by molar-refractivity contribution is 5.47. The number of hydrogen-bond acceptors (Lipinski definition) is 2. The average Bonchev–Trinajstić information content (AvgIpc) is 2.74.